The van der Waals surface area contributed by atoms with Crippen molar-refractivity contribution in [1.82, 2.24) is 4.98 Å². The molecule has 0 spiro atoms. The number of aromatic amines is 1. The highest BCUT2D eigenvalue weighted by atomic mass is 79.9. The smallest absolute Gasteiger partial charge is 0.248 e. The molecule has 0 saturated carbocycles. The molecule has 0 fully saturated rings. The minimum Gasteiger partial charge on any atom is -0.325 e. The van der Waals surface area contributed by atoms with E-state index in [1.165, 1.54) is 13.0 Å². The molecule has 2 rings (SSSR count). The highest BCUT2D eigenvalue weighted by Gasteiger charge is 2.11. The lowest BCUT2D eigenvalue weighted by Crippen LogP contribution is -2.10. The predicted molar refractivity (Wildman–Crippen MR) is 76.0 cm³/mol. The maximum Gasteiger partial charge on any atom is 0.248 e. The SMILES string of the molecule is CCc1cc(Br)c(NC(C)=O)c2ccc(=O)[nH]c12. The first-order valence-electron chi connectivity index (χ1n) is 5.65. The highest BCUT2D eigenvalue weighted by molar-refractivity contribution is 9.10. The van der Waals surface area contributed by atoms with Crippen LogP contribution in [0.4, 0.5) is 5.69 Å². The first kappa shape index (κ1) is 12.8. The normalized spacial score (nSPS) is 10.6. The first-order chi connectivity index (χ1) is 8.52. The molecule has 1 aromatic heterocycles. The zero-order valence-corrected chi connectivity index (χ0v) is 11.7. The van der Waals surface area contributed by atoms with Crippen LogP contribution in [0.2, 0.25) is 0 Å². The average molecular weight is 309 g/mol. The van der Waals surface area contributed by atoms with E-state index >= 15 is 0 Å². The Morgan fingerprint density at radius 3 is 2.78 bits per heavy atom. The van der Waals surface area contributed by atoms with Gasteiger partial charge < -0.3 is 10.3 Å². The number of amides is 1. The van der Waals surface area contributed by atoms with Gasteiger partial charge in [-0.15, -0.1) is 0 Å². The molecule has 0 aliphatic heterocycles. The van der Waals surface area contributed by atoms with Crippen molar-refractivity contribution in [3.05, 3.63) is 38.6 Å². The number of carbonyl (C=O) groups excluding carboxylic acids is 1. The Morgan fingerprint density at radius 2 is 2.17 bits per heavy atom. The van der Waals surface area contributed by atoms with Gasteiger partial charge in [0.05, 0.1) is 11.2 Å². The topological polar surface area (TPSA) is 62.0 Å². The van der Waals surface area contributed by atoms with Gasteiger partial charge in [0.25, 0.3) is 0 Å². The standard InChI is InChI=1S/C13H13BrN2O2/c1-3-8-6-10(14)13(15-7(2)17)9-4-5-11(18)16-12(8)9/h4-6H,3H2,1-2H3,(H,15,17)(H,16,18). The third kappa shape index (κ3) is 2.31. The number of anilines is 1. The summed E-state index contributed by atoms with van der Waals surface area (Å²) in [5.74, 6) is -0.146. The third-order valence-corrected chi connectivity index (χ3v) is 3.36. The number of aryl methyl sites for hydroxylation is 1. The second kappa shape index (κ2) is 4.94. The molecule has 0 aliphatic rings. The highest BCUT2D eigenvalue weighted by Crippen LogP contribution is 2.32. The van der Waals surface area contributed by atoms with E-state index < -0.39 is 0 Å². The molecule has 94 valence electrons. The van der Waals surface area contributed by atoms with Gasteiger partial charge in [0.1, 0.15) is 0 Å². The van der Waals surface area contributed by atoms with Crippen molar-refractivity contribution in [2.45, 2.75) is 20.3 Å². The molecule has 1 heterocycles. The Bertz CT molecular complexity index is 676. The van der Waals surface area contributed by atoms with E-state index in [1.54, 1.807) is 6.07 Å². The van der Waals surface area contributed by atoms with Crippen molar-refractivity contribution < 1.29 is 4.79 Å². The van der Waals surface area contributed by atoms with Crippen LogP contribution in [-0.2, 0) is 11.2 Å². The number of rotatable bonds is 2. The molecule has 0 unspecified atom stereocenters. The Labute approximate surface area is 113 Å². The summed E-state index contributed by atoms with van der Waals surface area (Å²) in [5.41, 5.74) is 2.35. The van der Waals surface area contributed by atoms with E-state index in [-0.39, 0.29) is 11.5 Å². The molecule has 0 aliphatic carbocycles. The summed E-state index contributed by atoms with van der Waals surface area (Å²) >= 11 is 3.45. The van der Waals surface area contributed by atoms with Crippen molar-refractivity contribution in [2.75, 3.05) is 5.32 Å². The van der Waals surface area contributed by atoms with Crippen molar-refractivity contribution in [2.24, 2.45) is 0 Å². The van der Waals surface area contributed by atoms with E-state index in [2.05, 4.69) is 26.2 Å². The van der Waals surface area contributed by atoms with E-state index in [9.17, 15) is 9.59 Å². The van der Waals surface area contributed by atoms with Gasteiger partial charge in [-0.2, -0.15) is 0 Å². The Morgan fingerprint density at radius 1 is 1.44 bits per heavy atom. The molecule has 1 amide bonds. The molecule has 0 saturated heterocycles. The quantitative estimate of drug-likeness (QED) is 0.896. The monoisotopic (exact) mass is 308 g/mol. The molecule has 4 nitrogen and oxygen atoms in total. The van der Waals surface area contributed by atoms with E-state index in [0.29, 0.717) is 5.69 Å². The fraction of sp³-hybridized carbons (Fsp3) is 0.231. The molecule has 2 aromatic rings. The van der Waals surface area contributed by atoms with Gasteiger partial charge in [0.15, 0.2) is 0 Å². The van der Waals surface area contributed by atoms with Crippen LogP contribution < -0.4 is 10.9 Å². The van der Waals surface area contributed by atoms with Crippen molar-refractivity contribution in [3.8, 4) is 0 Å². The number of hydrogen-bond acceptors (Lipinski definition) is 2. The zero-order valence-electron chi connectivity index (χ0n) is 10.1. The number of hydrogen-bond donors (Lipinski definition) is 2. The summed E-state index contributed by atoms with van der Waals surface area (Å²) in [4.78, 5) is 25.5. The number of carbonyl (C=O) groups is 1. The number of pyridine rings is 1. The van der Waals surface area contributed by atoms with Crippen LogP contribution in [0.15, 0.2) is 27.5 Å². The summed E-state index contributed by atoms with van der Waals surface area (Å²) in [6.07, 6.45) is 0.801. The van der Waals surface area contributed by atoms with Crippen LogP contribution in [0.5, 0.6) is 0 Å². The summed E-state index contributed by atoms with van der Waals surface area (Å²) in [7, 11) is 0. The Hall–Kier alpha value is -1.62. The lowest BCUT2D eigenvalue weighted by molar-refractivity contribution is -0.114. The van der Waals surface area contributed by atoms with Crippen LogP contribution in [-0.4, -0.2) is 10.9 Å². The van der Waals surface area contributed by atoms with Crippen LogP contribution in [0.25, 0.3) is 10.9 Å². The van der Waals surface area contributed by atoms with Gasteiger partial charge >= 0.3 is 0 Å². The van der Waals surface area contributed by atoms with Crippen LogP contribution in [0.1, 0.15) is 19.4 Å². The molecule has 0 radical (unpaired) electrons. The third-order valence-electron chi connectivity index (χ3n) is 2.73. The van der Waals surface area contributed by atoms with E-state index in [0.717, 1.165) is 27.4 Å². The van der Waals surface area contributed by atoms with Crippen LogP contribution >= 0.6 is 15.9 Å². The predicted octanol–water partition coefficient (Wildman–Crippen LogP) is 2.81. The van der Waals surface area contributed by atoms with Gasteiger partial charge in [-0.05, 0) is 40.0 Å². The average Bonchev–Trinajstić information content (AvgIpc) is 2.32. The van der Waals surface area contributed by atoms with Crippen LogP contribution in [0, 0.1) is 0 Å². The summed E-state index contributed by atoms with van der Waals surface area (Å²) in [5, 5.41) is 3.61. The molecule has 0 atom stereocenters. The number of aromatic nitrogens is 1. The molecule has 2 N–H and O–H groups in total. The van der Waals surface area contributed by atoms with Gasteiger partial charge in [0.2, 0.25) is 11.5 Å². The van der Waals surface area contributed by atoms with E-state index in [1.807, 2.05) is 13.0 Å². The van der Waals surface area contributed by atoms with Crippen LogP contribution in [0.3, 0.4) is 0 Å². The van der Waals surface area contributed by atoms with Crippen molar-refractivity contribution >= 4 is 38.4 Å². The number of fused-ring (bicyclic) bond motifs is 1. The molecular weight excluding hydrogens is 296 g/mol. The van der Waals surface area contributed by atoms with Gasteiger partial charge in [0, 0.05) is 22.8 Å². The summed E-state index contributed by atoms with van der Waals surface area (Å²) in [6, 6.07) is 5.10. The molecular formula is C13H13BrN2O2. The molecule has 5 heteroatoms. The fourth-order valence-electron chi connectivity index (χ4n) is 1.94. The second-order valence-electron chi connectivity index (χ2n) is 4.04. The fourth-order valence-corrected chi connectivity index (χ4v) is 2.53. The Balaban J connectivity index is 2.82. The van der Waals surface area contributed by atoms with Gasteiger partial charge in [-0.3, -0.25) is 9.59 Å². The maximum atomic E-state index is 11.4. The first-order valence-corrected chi connectivity index (χ1v) is 6.44. The summed E-state index contributed by atoms with van der Waals surface area (Å²) < 4.78 is 0.814. The lowest BCUT2D eigenvalue weighted by atomic mass is 10.1. The minimum atomic E-state index is -0.146. The number of nitrogens with one attached hydrogen (secondary N) is 2. The minimum absolute atomic E-state index is 0.145. The lowest BCUT2D eigenvalue weighted by Gasteiger charge is -2.12. The zero-order chi connectivity index (χ0) is 13.3. The number of halogens is 1. The largest absolute Gasteiger partial charge is 0.325 e. The van der Waals surface area contributed by atoms with Gasteiger partial charge in [-0.25, -0.2) is 0 Å². The maximum absolute atomic E-state index is 11.4. The molecule has 18 heavy (non-hydrogen) atoms. The Kier molecular flexibility index (Phi) is 3.52. The number of H-pyrrole nitrogens is 1. The number of benzene rings is 1. The molecule has 0 bridgehead atoms. The summed E-state index contributed by atoms with van der Waals surface area (Å²) in [6.45, 7) is 3.47. The van der Waals surface area contributed by atoms with Gasteiger partial charge in [-0.1, -0.05) is 6.92 Å². The second-order valence-corrected chi connectivity index (χ2v) is 4.89. The van der Waals surface area contributed by atoms with Crippen molar-refractivity contribution in [1.29, 1.82) is 0 Å². The van der Waals surface area contributed by atoms with E-state index in [4.69, 9.17) is 0 Å². The molecule has 1 aromatic carbocycles. The van der Waals surface area contributed by atoms with Crippen molar-refractivity contribution in [3.63, 3.8) is 0 Å².